The number of rotatable bonds is 2. The van der Waals surface area contributed by atoms with Gasteiger partial charge in [0.05, 0.1) is 23.5 Å². The van der Waals surface area contributed by atoms with E-state index in [1.54, 1.807) is 11.8 Å². The zero-order valence-corrected chi connectivity index (χ0v) is 12.2. The molecule has 0 saturated carbocycles. The van der Waals surface area contributed by atoms with Crippen molar-refractivity contribution >= 4 is 23.2 Å². The fraction of sp³-hybridized carbons (Fsp3) is 0.571. The number of carboxylic acids is 1. The van der Waals surface area contributed by atoms with Crippen LogP contribution in [0.5, 0.6) is 0 Å². The molecule has 5 nitrogen and oxygen atoms in total. The molecule has 0 aromatic carbocycles. The number of hydrogen-bond donors (Lipinski definition) is 1. The van der Waals surface area contributed by atoms with Crippen LogP contribution in [0.3, 0.4) is 0 Å². The van der Waals surface area contributed by atoms with Gasteiger partial charge in [0.2, 0.25) is 0 Å². The normalized spacial score (nSPS) is 25.6. The topological polar surface area (TPSA) is 66.8 Å². The minimum atomic E-state index is -0.827. The summed E-state index contributed by atoms with van der Waals surface area (Å²) in [7, 11) is 0. The predicted molar refractivity (Wildman–Crippen MR) is 73.9 cm³/mol. The molecule has 2 aliphatic heterocycles. The summed E-state index contributed by atoms with van der Waals surface area (Å²) in [6.45, 7) is 3.80. The van der Waals surface area contributed by atoms with Gasteiger partial charge in [-0.15, -0.1) is 11.3 Å². The minimum absolute atomic E-state index is 0.0469. The number of carboxylic acid groups (broad SMARTS) is 1. The average Bonchev–Trinajstić information content (AvgIpc) is 3.02. The van der Waals surface area contributed by atoms with E-state index in [-0.39, 0.29) is 5.91 Å². The highest BCUT2D eigenvalue weighted by molar-refractivity contribution is 7.14. The Labute approximate surface area is 121 Å². The van der Waals surface area contributed by atoms with Crippen molar-refractivity contribution in [1.82, 2.24) is 4.90 Å². The quantitative estimate of drug-likeness (QED) is 0.903. The lowest BCUT2D eigenvalue weighted by Gasteiger charge is -2.19. The second kappa shape index (κ2) is 4.86. The maximum Gasteiger partial charge on any atom is 0.311 e. The standard InChI is InChI=1S/C14H17NO4S/c1-14(13(17)18)3-4-15(8-14)12(16)11-6-9-7-19-5-2-10(9)20-11/h6H,2-5,7-8H2,1H3,(H,17,18). The molecule has 6 heteroatoms. The first-order valence-corrected chi connectivity index (χ1v) is 7.53. The van der Waals surface area contributed by atoms with Crippen LogP contribution in [0.25, 0.3) is 0 Å². The lowest BCUT2D eigenvalue weighted by Crippen LogP contribution is -2.34. The van der Waals surface area contributed by atoms with Gasteiger partial charge in [-0.3, -0.25) is 9.59 Å². The molecule has 108 valence electrons. The first-order valence-electron chi connectivity index (χ1n) is 6.72. The number of thiophene rings is 1. The van der Waals surface area contributed by atoms with Crippen molar-refractivity contribution < 1.29 is 19.4 Å². The number of carbonyl (C=O) groups excluding carboxylic acids is 1. The SMILES string of the molecule is CC1(C(=O)O)CCN(C(=O)c2cc3c(s2)CCOC3)C1. The molecule has 20 heavy (non-hydrogen) atoms. The summed E-state index contributed by atoms with van der Waals surface area (Å²) >= 11 is 1.52. The van der Waals surface area contributed by atoms with E-state index in [1.807, 2.05) is 6.07 Å². The largest absolute Gasteiger partial charge is 0.481 e. The fourth-order valence-electron chi connectivity index (χ4n) is 2.72. The summed E-state index contributed by atoms with van der Waals surface area (Å²) in [5.74, 6) is -0.874. The first-order chi connectivity index (χ1) is 9.49. The van der Waals surface area contributed by atoms with Gasteiger partial charge in [-0.25, -0.2) is 0 Å². The van der Waals surface area contributed by atoms with Crippen LogP contribution in [0.15, 0.2) is 6.07 Å². The molecule has 1 amide bonds. The third-order valence-corrected chi connectivity index (χ3v) is 5.34. The molecular weight excluding hydrogens is 278 g/mol. The number of carbonyl (C=O) groups is 2. The summed E-state index contributed by atoms with van der Waals surface area (Å²) in [4.78, 5) is 27.3. The second-order valence-electron chi connectivity index (χ2n) is 5.70. The number of amides is 1. The Bertz CT molecular complexity index is 544. The summed E-state index contributed by atoms with van der Waals surface area (Å²) in [5, 5.41) is 9.22. The Morgan fingerprint density at radius 3 is 2.95 bits per heavy atom. The van der Waals surface area contributed by atoms with Crippen LogP contribution >= 0.6 is 11.3 Å². The van der Waals surface area contributed by atoms with Gasteiger partial charge in [-0.1, -0.05) is 0 Å². The van der Waals surface area contributed by atoms with Crippen LogP contribution < -0.4 is 0 Å². The lowest BCUT2D eigenvalue weighted by molar-refractivity contribution is -0.147. The molecule has 0 bridgehead atoms. The Hall–Kier alpha value is -1.40. The van der Waals surface area contributed by atoms with Gasteiger partial charge in [0.15, 0.2) is 0 Å². The third-order valence-electron chi connectivity index (χ3n) is 4.12. The average molecular weight is 295 g/mol. The van der Waals surface area contributed by atoms with Crippen LogP contribution in [0.1, 0.15) is 33.5 Å². The molecule has 1 fully saturated rings. The number of fused-ring (bicyclic) bond motifs is 1. The highest BCUT2D eigenvalue weighted by Crippen LogP contribution is 2.33. The van der Waals surface area contributed by atoms with Crippen LogP contribution in [0.2, 0.25) is 0 Å². The molecule has 0 radical (unpaired) electrons. The van der Waals surface area contributed by atoms with Crippen LogP contribution in [0.4, 0.5) is 0 Å². The van der Waals surface area contributed by atoms with E-state index < -0.39 is 11.4 Å². The molecule has 1 saturated heterocycles. The lowest BCUT2D eigenvalue weighted by atomic mass is 9.90. The van der Waals surface area contributed by atoms with Crippen molar-refractivity contribution in [2.24, 2.45) is 5.41 Å². The fourth-order valence-corrected chi connectivity index (χ4v) is 3.83. The van der Waals surface area contributed by atoms with Crippen molar-refractivity contribution in [3.8, 4) is 0 Å². The highest BCUT2D eigenvalue weighted by Gasteiger charge is 2.42. The number of hydrogen-bond acceptors (Lipinski definition) is 4. The van der Waals surface area contributed by atoms with E-state index in [9.17, 15) is 14.7 Å². The molecule has 2 aliphatic rings. The Morgan fingerprint density at radius 1 is 1.50 bits per heavy atom. The van der Waals surface area contributed by atoms with Crippen molar-refractivity contribution in [2.75, 3.05) is 19.7 Å². The maximum atomic E-state index is 12.5. The van der Waals surface area contributed by atoms with E-state index >= 15 is 0 Å². The highest BCUT2D eigenvalue weighted by atomic mass is 32.1. The van der Waals surface area contributed by atoms with Crippen molar-refractivity contribution in [2.45, 2.75) is 26.4 Å². The van der Waals surface area contributed by atoms with Gasteiger partial charge >= 0.3 is 5.97 Å². The maximum absolute atomic E-state index is 12.5. The van der Waals surface area contributed by atoms with Crippen LogP contribution in [-0.2, 0) is 22.6 Å². The summed E-state index contributed by atoms with van der Waals surface area (Å²) in [6.07, 6.45) is 1.38. The van der Waals surface area contributed by atoms with E-state index in [1.165, 1.54) is 16.2 Å². The molecule has 0 spiro atoms. The van der Waals surface area contributed by atoms with Crippen molar-refractivity contribution in [3.63, 3.8) is 0 Å². The monoisotopic (exact) mass is 295 g/mol. The number of nitrogens with zero attached hydrogens (tertiary/aromatic N) is 1. The molecule has 1 aromatic heterocycles. The zero-order chi connectivity index (χ0) is 14.3. The summed E-state index contributed by atoms with van der Waals surface area (Å²) in [6, 6.07) is 1.90. The predicted octanol–water partition coefficient (Wildman–Crippen LogP) is 1.76. The zero-order valence-electron chi connectivity index (χ0n) is 11.3. The third kappa shape index (κ3) is 2.23. The number of ether oxygens (including phenoxy) is 1. The van der Waals surface area contributed by atoms with Gasteiger partial charge in [0.1, 0.15) is 0 Å². The molecule has 1 N–H and O–H groups in total. The van der Waals surface area contributed by atoms with E-state index in [2.05, 4.69) is 0 Å². The first kappa shape index (κ1) is 13.6. The molecule has 1 atom stereocenters. The smallest absolute Gasteiger partial charge is 0.311 e. The van der Waals surface area contributed by atoms with Crippen LogP contribution in [-0.4, -0.2) is 41.6 Å². The molecule has 0 aliphatic carbocycles. The molecule has 3 heterocycles. The Balaban J connectivity index is 1.77. The van der Waals surface area contributed by atoms with Crippen molar-refractivity contribution in [1.29, 1.82) is 0 Å². The molecule has 3 rings (SSSR count). The minimum Gasteiger partial charge on any atom is -0.481 e. The molecule has 1 unspecified atom stereocenters. The van der Waals surface area contributed by atoms with Crippen molar-refractivity contribution in [3.05, 3.63) is 21.4 Å². The van der Waals surface area contributed by atoms with Gasteiger partial charge in [0.25, 0.3) is 5.91 Å². The van der Waals surface area contributed by atoms with E-state index in [0.29, 0.717) is 37.6 Å². The summed E-state index contributed by atoms with van der Waals surface area (Å²) < 4.78 is 5.38. The van der Waals surface area contributed by atoms with Gasteiger partial charge in [-0.05, 0) is 25.0 Å². The Kier molecular flexibility index (Phi) is 3.30. The molecular formula is C14H17NO4S. The summed E-state index contributed by atoms with van der Waals surface area (Å²) in [5.41, 5.74) is 0.292. The second-order valence-corrected chi connectivity index (χ2v) is 6.84. The number of likely N-dealkylation sites (tertiary alicyclic amines) is 1. The Morgan fingerprint density at radius 2 is 2.30 bits per heavy atom. The van der Waals surface area contributed by atoms with Crippen LogP contribution in [0, 0.1) is 5.41 Å². The van der Waals surface area contributed by atoms with E-state index in [4.69, 9.17) is 4.74 Å². The van der Waals surface area contributed by atoms with Gasteiger partial charge < -0.3 is 14.7 Å². The molecule has 1 aromatic rings. The van der Waals surface area contributed by atoms with E-state index in [0.717, 1.165) is 12.0 Å². The van der Waals surface area contributed by atoms with Gasteiger partial charge in [-0.2, -0.15) is 0 Å². The van der Waals surface area contributed by atoms with Gasteiger partial charge in [0, 0.05) is 24.4 Å². The number of aliphatic carboxylic acids is 1.